The quantitative estimate of drug-likeness (QED) is 0.867. The highest BCUT2D eigenvalue weighted by Gasteiger charge is 2.41. The van der Waals surface area contributed by atoms with Gasteiger partial charge in [-0.2, -0.15) is 13.2 Å². The first-order valence-electron chi connectivity index (χ1n) is 6.27. The monoisotopic (exact) mass is 322 g/mol. The Balaban J connectivity index is 2.16. The van der Waals surface area contributed by atoms with Gasteiger partial charge in [-0.25, -0.2) is 9.78 Å². The van der Waals surface area contributed by atoms with Gasteiger partial charge < -0.3 is 10.0 Å². The zero-order valence-electron chi connectivity index (χ0n) is 11.1. The fourth-order valence-electron chi connectivity index (χ4n) is 2.23. The minimum Gasteiger partial charge on any atom is -0.476 e. The van der Waals surface area contributed by atoms with Gasteiger partial charge in [0.25, 0.3) is 0 Å². The minimum absolute atomic E-state index is 0.0236. The van der Waals surface area contributed by atoms with E-state index in [0.29, 0.717) is 5.13 Å². The standard InChI is InChI=1S/C12H13F3N2O3S/c1-6(18)9-8(10(19)20)16-11(21-9)17-4-2-7(3-5-17)12(13,14)15/h7H,2-5H2,1H3,(H,19,20). The molecule has 2 heterocycles. The second-order valence-corrected chi connectivity index (χ2v) is 5.82. The lowest BCUT2D eigenvalue weighted by molar-refractivity contribution is -0.179. The van der Waals surface area contributed by atoms with Crippen LogP contribution in [0.1, 0.15) is 39.9 Å². The van der Waals surface area contributed by atoms with Crippen LogP contribution in [0, 0.1) is 5.92 Å². The topological polar surface area (TPSA) is 70.5 Å². The summed E-state index contributed by atoms with van der Waals surface area (Å²) in [5.41, 5.74) is -0.333. The van der Waals surface area contributed by atoms with Crippen molar-refractivity contribution in [2.75, 3.05) is 18.0 Å². The van der Waals surface area contributed by atoms with Crippen LogP contribution in [0.5, 0.6) is 0 Å². The summed E-state index contributed by atoms with van der Waals surface area (Å²) in [7, 11) is 0. The SMILES string of the molecule is CC(=O)c1sc(N2CCC(C(F)(F)F)CC2)nc1C(=O)O. The van der Waals surface area contributed by atoms with Crippen molar-refractivity contribution >= 4 is 28.2 Å². The summed E-state index contributed by atoms with van der Waals surface area (Å²) < 4.78 is 37.8. The number of Topliss-reactive ketones (excluding diaryl/α,β-unsaturated/α-hetero) is 1. The van der Waals surface area contributed by atoms with Crippen LogP contribution in [0.4, 0.5) is 18.3 Å². The predicted octanol–water partition coefficient (Wildman–Crippen LogP) is 2.82. The number of alkyl halides is 3. The number of carbonyl (C=O) groups is 2. The molecule has 1 fully saturated rings. The Morgan fingerprint density at radius 3 is 2.29 bits per heavy atom. The molecule has 0 aliphatic carbocycles. The van der Waals surface area contributed by atoms with E-state index in [2.05, 4.69) is 4.98 Å². The molecule has 0 amide bonds. The molecule has 2 rings (SSSR count). The van der Waals surface area contributed by atoms with Gasteiger partial charge in [0.2, 0.25) is 0 Å². The molecule has 0 atom stereocenters. The van der Waals surface area contributed by atoms with Gasteiger partial charge in [0.1, 0.15) is 4.88 Å². The first-order chi connectivity index (χ1) is 9.70. The Labute approximate surface area is 122 Å². The third-order valence-electron chi connectivity index (χ3n) is 3.37. The molecule has 0 unspecified atom stereocenters. The van der Waals surface area contributed by atoms with Gasteiger partial charge in [-0.3, -0.25) is 4.79 Å². The number of aromatic nitrogens is 1. The number of hydrogen-bond donors (Lipinski definition) is 1. The summed E-state index contributed by atoms with van der Waals surface area (Å²) in [6, 6.07) is 0. The van der Waals surface area contributed by atoms with Crippen molar-refractivity contribution in [2.45, 2.75) is 25.9 Å². The molecular weight excluding hydrogens is 309 g/mol. The third-order valence-corrected chi connectivity index (χ3v) is 4.58. The Hall–Kier alpha value is -1.64. The molecular formula is C12H13F3N2O3S. The summed E-state index contributed by atoms with van der Waals surface area (Å²) in [5.74, 6) is -3.06. The lowest BCUT2D eigenvalue weighted by atomic mass is 9.97. The number of aromatic carboxylic acids is 1. The van der Waals surface area contributed by atoms with E-state index in [1.165, 1.54) is 6.92 Å². The maximum Gasteiger partial charge on any atom is 0.391 e. The third kappa shape index (κ3) is 3.34. The van der Waals surface area contributed by atoms with Crippen molar-refractivity contribution in [3.8, 4) is 0 Å². The lowest BCUT2D eigenvalue weighted by Gasteiger charge is -2.32. The Morgan fingerprint density at radius 1 is 1.33 bits per heavy atom. The Bertz CT molecular complexity index is 531. The molecule has 116 valence electrons. The maximum atomic E-state index is 12.6. The van der Waals surface area contributed by atoms with Crippen molar-refractivity contribution in [1.29, 1.82) is 0 Å². The number of ketones is 1. The number of rotatable bonds is 3. The van der Waals surface area contributed by atoms with E-state index in [0.717, 1.165) is 11.3 Å². The first kappa shape index (κ1) is 15.7. The summed E-state index contributed by atoms with van der Waals surface area (Å²) in [6.45, 7) is 1.53. The number of carbonyl (C=O) groups excluding carboxylic acids is 1. The van der Waals surface area contributed by atoms with E-state index in [4.69, 9.17) is 5.11 Å². The van der Waals surface area contributed by atoms with E-state index < -0.39 is 23.8 Å². The summed E-state index contributed by atoms with van der Waals surface area (Å²) in [4.78, 5) is 27.9. The summed E-state index contributed by atoms with van der Waals surface area (Å²) in [6.07, 6.45) is -4.31. The molecule has 0 aromatic carbocycles. The average molecular weight is 322 g/mol. The number of thiazole rings is 1. The molecule has 1 saturated heterocycles. The van der Waals surface area contributed by atoms with Crippen molar-refractivity contribution < 1.29 is 27.9 Å². The molecule has 0 bridgehead atoms. The molecule has 1 aliphatic heterocycles. The van der Waals surface area contributed by atoms with Crippen LogP contribution in [0.15, 0.2) is 0 Å². The highest BCUT2D eigenvalue weighted by molar-refractivity contribution is 7.17. The number of carboxylic acids is 1. The number of halogens is 3. The molecule has 1 aromatic rings. The number of nitrogens with zero attached hydrogens (tertiary/aromatic N) is 2. The maximum absolute atomic E-state index is 12.6. The normalized spacial score (nSPS) is 17.0. The van der Waals surface area contributed by atoms with Crippen LogP contribution in [0.2, 0.25) is 0 Å². The lowest BCUT2D eigenvalue weighted by Crippen LogP contribution is -2.39. The zero-order valence-corrected chi connectivity index (χ0v) is 11.9. The van der Waals surface area contributed by atoms with Gasteiger partial charge in [0.05, 0.1) is 5.92 Å². The molecule has 21 heavy (non-hydrogen) atoms. The molecule has 5 nitrogen and oxygen atoms in total. The fraction of sp³-hybridized carbons (Fsp3) is 0.583. The first-order valence-corrected chi connectivity index (χ1v) is 7.08. The molecule has 9 heteroatoms. The molecule has 0 spiro atoms. The van der Waals surface area contributed by atoms with Crippen molar-refractivity contribution in [3.63, 3.8) is 0 Å². The van der Waals surface area contributed by atoms with Gasteiger partial charge in [-0.05, 0) is 12.8 Å². The largest absolute Gasteiger partial charge is 0.476 e. The van der Waals surface area contributed by atoms with Gasteiger partial charge >= 0.3 is 12.1 Å². The molecule has 1 aromatic heterocycles. The highest BCUT2D eigenvalue weighted by atomic mass is 32.1. The van der Waals surface area contributed by atoms with Crippen LogP contribution in [0.25, 0.3) is 0 Å². The predicted molar refractivity (Wildman–Crippen MR) is 70.1 cm³/mol. The molecule has 1 aliphatic rings. The zero-order chi connectivity index (χ0) is 15.8. The smallest absolute Gasteiger partial charge is 0.391 e. The van der Waals surface area contributed by atoms with Gasteiger partial charge in [-0.15, -0.1) is 0 Å². The van der Waals surface area contributed by atoms with Gasteiger partial charge in [0.15, 0.2) is 16.6 Å². The van der Waals surface area contributed by atoms with E-state index in [9.17, 15) is 22.8 Å². The number of hydrogen-bond acceptors (Lipinski definition) is 5. The van der Waals surface area contributed by atoms with Crippen molar-refractivity contribution in [2.24, 2.45) is 5.92 Å². The number of carboxylic acid groups (broad SMARTS) is 1. The highest BCUT2D eigenvalue weighted by Crippen LogP contribution is 2.36. The van der Waals surface area contributed by atoms with Crippen LogP contribution >= 0.6 is 11.3 Å². The van der Waals surface area contributed by atoms with Crippen LogP contribution in [-0.4, -0.2) is 41.1 Å². The summed E-state index contributed by atoms with van der Waals surface area (Å²) >= 11 is 0.914. The Morgan fingerprint density at radius 2 is 1.90 bits per heavy atom. The second kappa shape index (κ2) is 5.63. The van der Waals surface area contributed by atoms with E-state index in [-0.39, 0.29) is 36.5 Å². The van der Waals surface area contributed by atoms with Crippen LogP contribution in [-0.2, 0) is 0 Å². The summed E-state index contributed by atoms with van der Waals surface area (Å²) in [5, 5.41) is 9.29. The fourth-order valence-corrected chi connectivity index (χ4v) is 3.23. The van der Waals surface area contributed by atoms with Gasteiger partial charge in [-0.1, -0.05) is 11.3 Å². The van der Waals surface area contributed by atoms with Crippen LogP contribution in [0.3, 0.4) is 0 Å². The molecule has 0 radical (unpaired) electrons. The van der Waals surface area contributed by atoms with Crippen LogP contribution < -0.4 is 4.90 Å². The minimum atomic E-state index is -4.20. The average Bonchev–Trinajstić information content (AvgIpc) is 2.83. The number of piperidine rings is 1. The molecule has 0 saturated carbocycles. The molecule has 1 N–H and O–H groups in total. The Kier molecular flexibility index (Phi) is 4.22. The van der Waals surface area contributed by atoms with E-state index in [1.807, 2.05) is 0 Å². The van der Waals surface area contributed by atoms with Gasteiger partial charge in [0, 0.05) is 20.0 Å². The van der Waals surface area contributed by atoms with E-state index >= 15 is 0 Å². The van der Waals surface area contributed by atoms with Crippen molar-refractivity contribution in [1.82, 2.24) is 4.98 Å². The van der Waals surface area contributed by atoms with Crippen molar-refractivity contribution in [3.05, 3.63) is 10.6 Å². The second-order valence-electron chi connectivity index (χ2n) is 4.84. The van der Waals surface area contributed by atoms with E-state index in [1.54, 1.807) is 4.90 Å². The number of anilines is 1.